The van der Waals surface area contributed by atoms with E-state index in [9.17, 15) is 9.59 Å². The Morgan fingerprint density at radius 1 is 1.11 bits per heavy atom. The average molecular weight is 387 g/mol. The largest absolute Gasteiger partial charge is 0.432 e. The molecule has 10 nitrogen and oxygen atoms in total. The number of nitrogens with one attached hydrogen (secondary N) is 3. The van der Waals surface area contributed by atoms with Gasteiger partial charge >= 0.3 is 12.0 Å². The Labute approximate surface area is 163 Å². The second kappa shape index (κ2) is 8.70. The quantitative estimate of drug-likeness (QED) is 0.695. The standard InChI is InChI=1S/C18H25N7O3/c1-12-15(5-4-14(21-12)16(26)19-2)25-8-6-24(7-9-25)10-13-11-28-18(22-13)23-17(27)20-3/h4-5,11H,6-10H2,1-3H3,(H,19,26)(H2,20,22,23,27). The first kappa shape index (κ1) is 19.6. The maximum absolute atomic E-state index is 11.7. The van der Waals surface area contributed by atoms with E-state index in [0.717, 1.165) is 43.3 Å². The van der Waals surface area contributed by atoms with Gasteiger partial charge in [-0.25, -0.2) is 9.78 Å². The minimum Gasteiger partial charge on any atom is -0.432 e. The summed E-state index contributed by atoms with van der Waals surface area (Å²) in [7, 11) is 3.13. The zero-order valence-corrected chi connectivity index (χ0v) is 16.3. The molecule has 1 fully saturated rings. The topological polar surface area (TPSA) is 116 Å². The van der Waals surface area contributed by atoms with Crippen LogP contribution in [0.3, 0.4) is 0 Å². The van der Waals surface area contributed by atoms with Crippen LogP contribution in [-0.2, 0) is 6.54 Å². The van der Waals surface area contributed by atoms with Crippen molar-refractivity contribution < 1.29 is 14.0 Å². The van der Waals surface area contributed by atoms with Gasteiger partial charge in [-0.2, -0.15) is 4.98 Å². The first-order valence-electron chi connectivity index (χ1n) is 9.10. The summed E-state index contributed by atoms with van der Waals surface area (Å²) in [4.78, 5) is 36.2. The molecule has 3 amide bonds. The van der Waals surface area contributed by atoms with Crippen LogP contribution < -0.4 is 20.9 Å². The van der Waals surface area contributed by atoms with Crippen molar-refractivity contribution in [2.24, 2.45) is 0 Å². The lowest BCUT2D eigenvalue weighted by atomic mass is 10.2. The van der Waals surface area contributed by atoms with Crippen molar-refractivity contribution in [3.63, 3.8) is 0 Å². The second-order valence-electron chi connectivity index (χ2n) is 6.49. The lowest BCUT2D eigenvalue weighted by Crippen LogP contribution is -2.46. The molecule has 1 aliphatic rings. The number of aromatic nitrogens is 2. The van der Waals surface area contributed by atoms with E-state index < -0.39 is 0 Å². The Hall–Kier alpha value is -3.14. The van der Waals surface area contributed by atoms with E-state index in [2.05, 4.69) is 35.7 Å². The minimum atomic E-state index is -0.367. The molecule has 0 atom stereocenters. The molecule has 3 rings (SSSR count). The number of piperazine rings is 1. The van der Waals surface area contributed by atoms with Gasteiger partial charge in [-0.05, 0) is 19.1 Å². The maximum atomic E-state index is 11.7. The predicted molar refractivity (Wildman–Crippen MR) is 104 cm³/mol. The van der Waals surface area contributed by atoms with Crippen LogP contribution in [0, 0.1) is 6.92 Å². The van der Waals surface area contributed by atoms with E-state index in [1.165, 1.54) is 7.05 Å². The van der Waals surface area contributed by atoms with Crippen molar-refractivity contribution in [1.82, 2.24) is 25.5 Å². The van der Waals surface area contributed by atoms with Crippen molar-refractivity contribution in [3.8, 4) is 0 Å². The number of pyridine rings is 1. The van der Waals surface area contributed by atoms with Crippen LogP contribution in [-0.4, -0.2) is 67.1 Å². The van der Waals surface area contributed by atoms with Gasteiger partial charge in [-0.1, -0.05) is 0 Å². The van der Waals surface area contributed by atoms with Crippen LogP contribution in [0.2, 0.25) is 0 Å². The zero-order chi connectivity index (χ0) is 20.1. The lowest BCUT2D eigenvalue weighted by Gasteiger charge is -2.36. The van der Waals surface area contributed by atoms with Gasteiger partial charge in [-0.15, -0.1) is 0 Å². The van der Waals surface area contributed by atoms with Crippen LogP contribution in [0.5, 0.6) is 0 Å². The molecule has 0 aliphatic carbocycles. The Bertz CT molecular complexity index is 843. The summed E-state index contributed by atoms with van der Waals surface area (Å²) >= 11 is 0. The van der Waals surface area contributed by atoms with Crippen molar-refractivity contribution >= 4 is 23.6 Å². The summed E-state index contributed by atoms with van der Waals surface area (Å²) in [6.07, 6.45) is 1.56. The number of carbonyl (C=O) groups is 2. The Morgan fingerprint density at radius 3 is 2.50 bits per heavy atom. The molecular formula is C18H25N7O3. The van der Waals surface area contributed by atoms with E-state index in [0.29, 0.717) is 12.2 Å². The van der Waals surface area contributed by atoms with Gasteiger partial charge in [0.05, 0.1) is 17.1 Å². The lowest BCUT2D eigenvalue weighted by molar-refractivity contribution is 0.0958. The molecule has 10 heteroatoms. The molecule has 2 aromatic rings. The third-order valence-corrected chi connectivity index (χ3v) is 4.62. The normalized spacial score (nSPS) is 14.6. The first-order valence-corrected chi connectivity index (χ1v) is 9.10. The monoisotopic (exact) mass is 387 g/mol. The molecule has 0 unspecified atom stereocenters. The average Bonchev–Trinajstić information content (AvgIpc) is 3.14. The number of hydrogen-bond donors (Lipinski definition) is 3. The second-order valence-corrected chi connectivity index (χ2v) is 6.49. The number of oxazole rings is 1. The van der Waals surface area contributed by atoms with Crippen LogP contribution in [0.1, 0.15) is 21.9 Å². The van der Waals surface area contributed by atoms with Crippen molar-refractivity contribution in [3.05, 3.63) is 35.5 Å². The Kier molecular flexibility index (Phi) is 6.09. The molecule has 1 aliphatic heterocycles. The maximum Gasteiger partial charge on any atom is 0.322 e. The Balaban J connectivity index is 1.55. The summed E-state index contributed by atoms with van der Waals surface area (Å²) in [6, 6.07) is 3.53. The molecule has 1 saturated heterocycles. The van der Waals surface area contributed by atoms with Crippen LogP contribution >= 0.6 is 0 Å². The third kappa shape index (κ3) is 4.58. The highest BCUT2D eigenvalue weighted by Gasteiger charge is 2.21. The number of nitrogens with zero attached hydrogens (tertiary/aromatic N) is 4. The van der Waals surface area contributed by atoms with Gasteiger partial charge in [0.1, 0.15) is 12.0 Å². The summed E-state index contributed by atoms with van der Waals surface area (Å²) in [5.41, 5.74) is 3.09. The highest BCUT2D eigenvalue weighted by molar-refractivity contribution is 5.92. The molecule has 0 aromatic carbocycles. The highest BCUT2D eigenvalue weighted by atomic mass is 16.4. The number of carbonyl (C=O) groups excluding carboxylic acids is 2. The summed E-state index contributed by atoms with van der Waals surface area (Å²) in [5, 5.41) is 7.55. The molecule has 0 saturated carbocycles. The van der Waals surface area contributed by atoms with Crippen LogP contribution in [0.4, 0.5) is 16.5 Å². The smallest absolute Gasteiger partial charge is 0.322 e. The number of aryl methyl sites for hydroxylation is 1. The van der Waals surface area contributed by atoms with Crippen molar-refractivity contribution in [2.45, 2.75) is 13.5 Å². The third-order valence-electron chi connectivity index (χ3n) is 4.62. The zero-order valence-electron chi connectivity index (χ0n) is 16.3. The number of anilines is 2. The molecule has 2 aromatic heterocycles. The van der Waals surface area contributed by atoms with Gasteiger partial charge in [0.25, 0.3) is 5.91 Å². The SMILES string of the molecule is CNC(=O)Nc1nc(CN2CCN(c3ccc(C(=O)NC)nc3C)CC2)co1. The van der Waals surface area contributed by atoms with Crippen LogP contribution in [0.15, 0.2) is 22.8 Å². The van der Waals surface area contributed by atoms with Gasteiger partial charge < -0.3 is 20.0 Å². The van der Waals surface area contributed by atoms with E-state index in [-0.39, 0.29) is 18.0 Å². The van der Waals surface area contributed by atoms with E-state index >= 15 is 0 Å². The van der Waals surface area contributed by atoms with Gasteiger partial charge in [0, 0.05) is 46.8 Å². The number of hydrogen-bond acceptors (Lipinski definition) is 7. The molecule has 3 heterocycles. The molecule has 0 spiro atoms. The molecule has 28 heavy (non-hydrogen) atoms. The van der Waals surface area contributed by atoms with Crippen LogP contribution in [0.25, 0.3) is 0 Å². The molecule has 3 N–H and O–H groups in total. The van der Waals surface area contributed by atoms with Gasteiger partial charge in [-0.3, -0.25) is 15.0 Å². The fourth-order valence-corrected chi connectivity index (χ4v) is 3.12. The number of urea groups is 1. The van der Waals surface area contributed by atoms with Gasteiger partial charge in [0.2, 0.25) is 0 Å². The number of amides is 3. The summed E-state index contributed by atoms with van der Waals surface area (Å²) in [6.45, 7) is 6.00. The summed E-state index contributed by atoms with van der Waals surface area (Å²) < 4.78 is 5.26. The fraction of sp³-hybridized carbons (Fsp3) is 0.444. The molecule has 0 radical (unpaired) electrons. The fourth-order valence-electron chi connectivity index (χ4n) is 3.12. The minimum absolute atomic E-state index is 0.183. The highest BCUT2D eigenvalue weighted by Crippen LogP contribution is 2.21. The van der Waals surface area contributed by atoms with E-state index in [1.54, 1.807) is 19.4 Å². The van der Waals surface area contributed by atoms with Crippen molar-refractivity contribution in [1.29, 1.82) is 0 Å². The van der Waals surface area contributed by atoms with E-state index in [4.69, 9.17) is 4.42 Å². The predicted octanol–water partition coefficient (Wildman–Crippen LogP) is 0.811. The Morgan fingerprint density at radius 2 is 1.86 bits per heavy atom. The van der Waals surface area contributed by atoms with E-state index in [1.807, 2.05) is 13.0 Å². The molecule has 150 valence electrons. The number of rotatable bonds is 5. The van der Waals surface area contributed by atoms with Gasteiger partial charge in [0.15, 0.2) is 0 Å². The summed E-state index contributed by atoms with van der Waals surface area (Å²) in [5.74, 6) is -0.183. The van der Waals surface area contributed by atoms with Crippen molar-refractivity contribution in [2.75, 3.05) is 50.5 Å². The molecular weight excluding hydrogens is 362 g/mol. The first-order chi connectivity index (χ1) is 13.5. The molecule has 0 bridgehead atoms.